The van der Waals surface area contributed by atoms with E-state index in [0.717, 1.165) is 11.3 Å². The van der Waals surface area contributed by atoms with Crippen molar-refractivity contribution in [3.05, 3.63) is 35.9 Å². The summed E-state index contributed by atoms with van der Waals surface area (Å²) in [6, 6.07) is 7.55. The average Bonchev–Trinajstić information content (AvgIpc) is 2.24. The number of esters is 1. The first kappa shape index (κ1) is 13.3. The van der Waals surface area contributed by atoms with Gasteiger partial charge in [-0.2, -0.15) is 0 Å². The molecule has 0 aromatic heterocycles. The molecule has 0 amide bonds. The zero-order chi connectivity index (χ0) is 12.9. The van der Waals surface area contributed by atoms with Crippen molar-refractivity contribution in [2.45, 2.75) is 26.4 Å². The number of hydrogen-bond acceptors (Lipinski definition) is 3. The molecule has 3 nitrogen and oxygen atoms in total. The maximum absolute atomic E-state index is 11.0. The molecule has 0 atom stereocenters. The van der Waals surface area contributed by atoms with E-state index in [1.807, 2.05) is 45.0 Å². The van der Waals surface area contributed by atoms with Gasteiger partial charge in [0, 0.05) is 6.08 Å². The number of carbonyl (C=O) groups excluding carboxylic acids is 1. The molecule has 0 bridgehead atoms. The van der Waals surface area contributed by atoms with E-state index in [2.05, 4.69) is 4.74 Å². The summed E-state index contributed by atoms with van der Waals surface area (Å²) in [5, 5.41) is 0. The molecule has 17 heavy (non-hydrogen) atoms. The van der Waals surface area contributed by atoms with Crippen molar-refractivity contribution in [2.75, 3.05) is 7.11 Å². The van der Waals surface area contributed by atoms with Gasteiger partial charge in [0.1, 0.15) is 11.4 Å². The van der Waals surface area contributed by atoms with E-state index in [0.29, 0.717) is 0 Å². The Hall–Kier alpha value is -1.77. The summed E-state index contributed by atoms with van der Waals surface area (Å²) >= 11 is 0. The van der Waals surface area contributed by atoms with Crippen LogP contribution in [0.15, 0.2) is 30.3 Å². The number of rotatable bonds is 3. The van der Waals surface area contributed by atoms with Crippen LogP contribution in [0.5, 0.6) is 5.75 Å². The molecular formula is C14H18O3. The van der Waals surface area contributed by atoms with Crippen molar-refractivity contribution in [1.82, 2.24) is 0 Å². The second kappa shape index (κ2) is 5.53. The lowest BCUT2D eigenvalue weighted by Gasteiger charge is -2.21. The zero-order valence-corrected chi connectivity index (χ0v) is 10.7. The third kappa shape index (κ3) is 5.20. The fourth-order valence-electron chi connectivity index (χ4n) is 1.27. The first-order valence-electron chi connectivity index (χ1n) is 5.46. The van der Waals surface area contributed by atoms with Gasteiger partial charge in [-0.25, -0.2) is 4.79 Å². The summed E-state index contributed by atoms with van der Waals surface area (Å²) in [4.78, 5) is 11.0. The quantitative estimate of drug-likeness (QED) is 0.595. The van der Waals surface area contributed by atoms with E-state index in [1.54, 1.807) is 6.08 Å². The standard InChI is InChI=1S/C14H18O3/c1-14(2,3)17-12-7-5-6-11(10-12)8-9-13(15)16-4/h5-10H,1-4H3. The Morgan fingerprint density at radius 3 is 2.59 bits per heavy atom. The predicted octanol–water partition coefficient (Wildman–Crippen LogP) is 3.05. The van der Waals surface area contributed by atoms with Crippen molar-refractivity contribution in [2.24, 2.45) is 0 Å². The molecule has 0 aliphatic carbocycles. The molecule has 0 fully saturated rings. The van der Waals surface area contributed by atoms with Gasteiger partial charge in [0.05, 0.1) is 7.11 Å². The van der Waals surface area contributed by atoms with E-state index in [-0.39, 0.29) is 11.6 Å². The minimum atomic E-state index is -0.368. The summed E-state index contributed by atoms with van der Waals surface area (Å²) in [7, 11) is 1.35. The Balaban J connectivity index is 2.79. The van der Waals surface area contributed by atoms with Gasteiger partial charge >= 0.3 is 5.97 Å². The van der Waals surface area contributed by atoms with Crippen molar-refractivity contribution >= 4 is 12.0 Å². The van der Waals surface area contributed by atoms with Gasteiger partial charge in [0.2, 0.25) is 0 Å². The molecule has 92 valence electrons. The fourth-order valence-corrected chi connectivity index (χ4v) is 1.27. The molecule has 0 N–H and O–H groups in total. The summed E-state index contributed by atoms with van der Waals surface area (Å²) in [6.45, 7) is 5.97. The van der Waals surface area contributed by atoms with Crippen LogP contribution in [0, 0.1) is 0 Å². The summed E-state index contributed by atoms with van der Waals surface area (Å²) < 4.78 is 10.3. The Kier molecular flexibility index (Phi) is 4.32. The summed E-state index contributed by atoms with van der Waals surface area (Å²) in [6.07, 6.45) is 3.08. The van der Waals surface area contributed by atoms with Gasteiger partial charge in [-0.3, -0.25) is 0 Å². The molecule has 0 saturated heterocycles. The highest BCUT2D eigenvalue weighted by Gasteiger charge is 2.11. The van der Waals surface area contributed by atoms with Crippen LogP contribution in [0.1, 0.15) is 26.3 Å². The van der Waals surface area contributed by atoms with Gasteiger partial charge in [0.15, 0.2) is 0 Å². The third-order valence-electron chi connectivity index (χ3n) is 1.90. The number of methoxy groups -OCH3 is 1. The van der Waals surface area contributed by atoms with Crippen LogP contribution < -0.4 is 4.74 Å². The second-order valence-corrected chi connectivity index (χ2v) is 4.64. The maximum Gasteiger partial charge on any atom is 0.330 e. The molecule has 0 saturated carbocycles. The number of carbonyl (C=O) groups is 1. The largest absolute Gasteiger partial charge is 0.488 e. The molecule has 0 unspecified atom stereocenters. The highest BCUT2D eigenvalue weighted by Crippen LogP contribution is 2.19. The molecule has 1 aromatic rings. The highest BCUT2D eigenvalue weighted by atomic mass is 16.5. The van der Waals surface area contributed by atoms with Gasteiger partial charge in [-0.05, 0) is 44.5 Å². The van der Waals surface area contributed by atoms with Crippen molar-refractivity contribution < 1.29 is 14.3 Å². The van der Waals surface area contributed by atoms with Crippen molar-refractivity contribution in [3.8, 4) is 5.75 Å². The Morgan fingerprint density at radius 1 is 1.29 bits per heavy atom. The molecule has 0 aliphatic rings. The van der Waals surface area contributed by atoms with Crippen LogP contribution in [0.3, 0.4) is 0 Å². The van der Waals surface area contributed by atoms with Crippen LogP contribution in [-0.2, 0) is 9.53 Å². The van der Waals surface area contributed by atoms with Crippen molar-refractivity contribution in [1.29, 1.82) is 0 Å². The normalized spacial score (nSPS) is 11.5. The number of hydrogen-bond donors (Lipinski definition) is 0. The monoisotopic (exact) mass is 234 g/mol. The van der Waals surface area contributed by atoms with E-state index < -0.39 is 0 Å². The molecule has 1 aromatic carbocycles. The van der Waals surface area contributed by atoms with Crippen molar-refractivity contribution in [3.63, 3.8) is 0 Å². The van der Waals surface area contributed by atoms with Crippen LogP contribution in [0.4, 0.5) is 0 Å². The first-order chi connectivity index (χ1) is 7.90. The number of benzene rings is 1. The van der Waals surface area contributed by atoms with Crippen LogP contribution in [0.2, 0.25) is 0 Å². The lowest BCUT2D eigenvalue weighted by Crippen LogP contribution is -2.22. The molecule has 3 heteroatoms. The SMILES string of the molecule is COC(=O)C=Cc1cccc(OC(C)(C)C)c1. The first-order valence-corrected chi connectivity index (χ1v) is 5.46. The lowest BCUT2D eigenvalue weighted by atomic mass is 10.1. The molecule has 0 radical (unpaired) electrons. The fraction of sp³-hybridized carbons (Fsp3) is 0.357. The molecule has 0 heterocycles. The maximum atomic E-state index is 11.0. The van der Waals surface area contributed by atoms with Crippen LogP contribution in [0.25, 0.3) is 6.08 Å². The Bertz CT molecular complexity index is 414. The predicted molar refractivity (Wildman–Crippen MR) is 67.9 cm³/mol. The lowest BCUT2D eigenvalue weighted by molar-refractivity contribution is -0.134. The third-order valence-corrected chi connectivity index (χ3v) is 1.90. The average molecular weight is 234 g/mol. The highest BCUT2D eigenvalue weighted by molar-refractivity contribution is 5.86. The zero-order valence-electron chi connectivity index (χ0n) is 10.7. The minimum absolute atomic E-state index is 0.231. The van der Waals surface area contributed by atoms with Crippen LogP contribution in [-0.4, -0.2) is 18.7 Å². The van der Waals surface area contributed by atoms with Gasteiger partial charge in [-0.1, -0.05) is 12.1 Å². The van der Waals surface area contributed by atoms with E-state index in [4.69, 9.17) is 4.74 Å². The summed E-state index contributed by atoms with van der Waals surface area (Å²) in [5.74, 6) is 0.414. The van der Waals surface area contributed by atoms with Gasteiger partial charge in [-0.15, -0.1) is 0 Å². The smallest absolute Gasteiger partial charge is 0.330 e. The number of ether oxygens (including phenoxy) is 2. The molecular weight excluding hydrogens is 216 g/mol. The van der Waals surface area contributed by atoms with E-state index in [1.165, 1.54) is 13.2 Å². The topological polar surface area (TPSA) is 35.5 Å². The van der Waals surface area contributed by atoms with E-state index >= 15 is 0 Å². The van der Waals surface area contributed by atoms with E-state index in [9.17, 15) is 4.79 Å². The Labute approximate surface area is 102 Å². The molecule has 0 spiro atoms. The summed E-state index contributed by atoms with van der Waals surface area (Å²) in [5.41, 5.74) is 0.669. The molecule has 0 aliphatic heterocycles. The van der Waals surface area contributed by atoms with Gasteiger partial charge < -0.3 is 9.47 Å². The molecule has 1 rings (SSSR count). The minimum Gasteiger partial charge on any atom is -0.488 e. The van der Waals surface area contributed by atoms with Crippen LogP contribution >= 0.6 is 0 Å². The second-order valence-electron chi connectivity index (χ2n) is 4.64. The Morgan fingerprint density at radius 2 is 2.00 bits per heavy atom. The van der Waals surface area contributed by atoms with Gasteiger partial charge in [0.25, 0.3) is 0 Å².